The van der Waals surface area contributed by atoms with Crippen LogP contribution in [-0.4, -0.2) is 42.8 Å². The second-order valence-electron chi connectivity index (χ2n) is 5.03. The van der Waals surface area contributed by atoms with Gasteiger partial charge in [-0.3, -0.25) is 4.79 Å². The lowest BCUT2D eigenvalue weighted by atomic mass is 10.2. The molecule has 1 atom stereocenters. The van der Waals surface area contributed by atoms with Crippen molar-refractivity contribution in [3.8, 4) is 0 Å². The van der Waals surface area contributed by atoms with E-state index in [0.717, 1.165) is 12.8 Å². The van der Waals surface area contributed by atoms with E-state index in [0.29, 0.717) is 17.8 Å². The molecule has 6 nitrogen and oxygen atoms in total. The second-order valence-corrected chi connectivity index (χ2v) is 5.03. The molecule has 1 amide bonds. The summed E-state index contributed by atoms with van der Waals surface area (Å²) < 4.78 is 5.04. The standard InChI is InChI=1S/C16H24N2O4/c1-3-6-12(2)18-15(20)11-22-16(21)13-7-4-5-8-14(13)17-9-10-19/h4-5,7-8,12,17,19H,3,6,9-11H2,1-2H3,(H,18,20)/t12-/m1/s1. The van der Waals surface area contributed by atoms with Crippen LogP contribution in [0, 0.1) is 0 Å². The Morgan fingerprint density at radius 2 is 2.05 bits per heavy atom. The van der Waals surface area contributed by atoms with Crippen LogP contribution in [0.3, 0.4) is 0 Å². The van der Waals surface area contributed by atoms with Crippen LogP contribution in [0.5, 0.6) is 0 Å². The number of carbonyl (C=O) groups excluding carboxylic acids is 2. The van der Waals surface area contributed by atoms with Gasteiger partial charge in [0.2, 0.25) is 0 Å². The van der Waals surface area contributed by atoms with E-state index >= 15 is 0 Å². The van der Waals surface area contributed by atoms with Crippen molar-refractivity contribution < 1.29 is 19.4 Å². The van der Waals surface area contributed by atoms with Gasteiger partial charge in [0, 0.05) is 18.3 Å². The van der Waals surface area contributed by atoms with E-state index < -0.39 is 5.97 Å². The summed E-state index contributed by atoms with van der Waals surface area (Å²) in [6.07, 6.45) is 1.86. The van der Waals surface area contributed by atoms with Gasteiger partial charge in [-0.05, 0) is 25.5 Å². The molecule has 0 aromatic heterocycles. The monoisotopic (exact) mass is 308 g/mol. The molecule has 0 unspecified atom stereocenters. The van der Waals surface area contributed by atoms with Gasteiger partial charge in [-0.25, -0.2) is 4.79 Å². The van der Waals surface area contributed by atoms with Crippen LogP contribution >= 0.6 is 0 Å². The van der Waals surface area contributed by atoms with Gasteiger partial charge in [0.05, 0.1) is 12.2 Å². The number of hydrogen-bond acceptors (Lipinski definition) is 5. The number of amides is 1. The van der Waals surface area contributed by atoms with E-state index in [-0.39, 0.29) is 25.2 Å². The third-order valence-electron chi connectivity index (χ3n) is 3.04. The lowest BCUT2D eigenvalue weighted by Crippen LogP contribution is -2.35. The van der Waals surface area contributed by atoms with E-state index in [1.807, 2.05) is 13.8 Å². The number of nitrogens with one attached hydrogen (secondary N) is 2. The highest BCUT2D eigenvalue weighted by Crippen LogP contribution is 2.15. The van der Waals surface area contributed by atoms with E-state index in [1.165, 1.54) is 0 Å². The lowest BCUT2D eigenvalue weighted by molar-refractivity contribution is -0.124. The molecule has 3 N–H and O–H groups in total. The number of aliphatic hydroxyl groups is 1. The number of aliphatic hydroxyl groups excluding tert-OH is 1. The minimum absolute atomic E-state index is 0.0406. The molecule has 22 heavy (non-hydrogen) atoms. The van der Waals surface area contributed by atoms with Crippen molar-refractivity contribution in [2.24, 2.45) is 0 Å². The molecule has 0 fully saturated rings. The fraction of sp³-hybridized carbons (Fsp3) is 0.500. The first-order chi connectivity index (χ1) is 10.6. The summed E-state index contributed by atoms with van der Waals surface area (Å²) in [6.45, 7) is 3.94. The molecule has 1 aromatic rings. The normalized spacial score (nSPS) is 11.6. The molecule has 1 aromatic carbocycles. The number of anilines is 1. The van der Waals surface area contributed by atoms with Crippen LogP contribution in [0.4, 0.5) is 5.69 Å². The summed E-state index contributed by atoms with van der Waals surface area (Å²) in [6, 6.07) is 6.88. The Morgan fingerprint density at radius 3 is 2.73 bits per heavy atom. The summed E-state index contributed by atoms with van der Waals surface area (Å²) in [7, 11) is 0. The molecule has 0 aliphatic heterocycles. The van der Waals surface area contributed by atoms with Gasteiger partial charge in [0.25, 0.3) is 5.91 Å². The summed E-state index contributed by atoms with van der Waals surface area (Å²) in [4.78, 5) is 23.7. The Bertz CT molecular complexity index is 491. The van der Waals surface area contributed by atoms with E-state index in [9.17, 15) is 9.59 Å². The zero-order chi connectivity index (χ0) is 16.4. The minimum atomic E-state index is -0.570. The first-order valence-electron chi connectivity index (χ1n) is 7.48. The SMILES string of the molecule is CCC[C@@H](C)NC(=O)COC(=O)c1ccccc1NCCO. The minimum Gasteiger partial charge on any atom is -0.452 e. The Morgan fingerprint density at radius 1 is 1.32 bits per heavy atom. The van der Waals surface area contributed by atoms with Crippen molar-refractivity contribution in [2.45, 2.75) is 32.7 Å². The zero-order valence-electron chi connectivity index (χ0n) is 13.1. The van der Waals surface area contributed by atoms with E-state index in [2.05, 4.69) is 10.6 Å². The van der Waals surface area contributed by atoms with Gasteiger partial charge in [-0.2, -0.15) is 0 Å². The molecule has 0 radical (unpaired) electrons. The molecule has 0 saturated heterocycles. The molecule has 0 saturated carbocycles. The van der Waals surface area contributed by atoms with E-state index in [4.69, 9.17) is 9.84 Å². The molecule has 0 heterocycles. The molecule has 0 aliphatic carbocycles. The smallest absolute Gasteiger partial charge is 0.340 e. The third kappa shape index (κ3) is 6.13. The maximum absolute atomic E-state index is 12.0. The zero-order valence-corrected chi connectivity index (χ0v) is 13.1. The van der Waals surface area contributed by atoms with Gasteiger partial charge >= 0.3 is 5.97 Å². The number of esters is 1. The molecule has 6 heteroatoms. The fourth-order valence-corrected chi connectivity index (χ4v) is 2.04. The number of carbonyl (C=O) groups is 2. The highest BCUT2D eigenvalue weighted by atomic mass is 16.5. The summed E-state index contributed by atoms with van der Waals surface area (Å²) in [5.74, 6) is -0.880. The van der Waals surface area contributed by atoms with Crippen molar-refractivity contribution in [2.75, 3.05) is 25.1 Å². The Labute approximate surface area is 130 Å². The summed E-state index contributed by atoms with van der Waals surface area (Å²) in [5, 5.41) is 14.5. The quantitative estimate of drug-likeness (QED) is 0.603. The van der Waals surface area contributed by atoms with Gasteiger partial charge in [-0.15, -0.1) is 0 Å². The first kappa shape index (κ1) is 18.0. The number of rotatable bonds is 9. The van der Waals surface area contributed by atoms with Gasteiger partial charge < -0.3 is 20.5 Å². The van der Waals surface area contributed by atoms with Crippen LogP contribution < -0.4 is 10.6 Å². The van der Waals surface area contributed by atoms with Crippen LogP contribution in [0.2, 0.25) is 0 Å². The van der Waals surface area contributed by atoms with Crippen molar-refractivity contribution in [3.05, 3.63) is 29.8 Å². The Kier molecular flexibility index (Phi) is 7.99. The molecular weight excluding hydrogens is 284 g/mol. The highest BCUT2D eigenvalue weighted by molar-refractivity contribution is 5.96. The number of ether oxygens (including phenoxy) is 1. The summed E-state index contributed by atoms with van der Waals surface area (Å²) >= 11 is 0. The lowest BCUT2D eigenvalue weighted by Gasteiger charge is -2.13. The third-order valence-corrected chi connectivity index (χ3v) is 3.04. The van der Waals surface area contributed by atoms with Gasteiger partial charge in [-0.1, -0.05) is 25.5 Å². The predicted octanol–water partition coefficient (Wildman–Crippen LogP) is 1.55. The average Bonchev–Trinajstić information content (AvgIpc) is 2.51. The number of para-hydroxylation sites is 1. The number of benzene rings is 1. The largest absolute Gasteiger partial charge is 0.452 e. The van der Waals surface area contributed by atoms with Gasteiger partial charge in [0.1, 0.15) is 0 Å². The fourth-order valence-electron chi connectivity index (χ4n) is 2.04. The molecule has 122 valence electrons. The number of hydrogen-bond donors (Lipinski definition) is 3. The molecule has 0 aliphatic rings. The molecular formula is C16H24N2O4. The van der Waals surface area contributed by atoms with Crippen LogP contribution in [0.1, 0.15) is 37.0 Å². The second kappa shape index (κ2) is 9.78. The van der Waals surface area contributed by atoms with Crippen LogP contribution in [0.15, 0.2) is 24.3 Å². The molecule has 1 rings (SSSR count). The summed E-state index contributed by atoms with van der Waals surface area (Å²) in [5.41, 5.74) is 0.909. The van der Waals surface area contributed by atoms with Crippen LogP contribution in [-0.2, 0) is 9.53 Å². The van der Waals surface area contributed by atoms with Crippen molar-refractivity contribution in [1.82, 2.24) is 5.32 Å². The van der Waals surface area contributed by atoms with E-state index in [1.54, 1.807) is 24.3 Å². The molecule has 0 bridgehead atoms. The van der Waals surface area contributed by atoms with Gasteiger partial charge in [0.15, 0.2) is 6.61 Å². The van der Waals surface area contributed by atoms with Crippen molar-refractivity contribution in [3.63, 3.8) is 0 Å². The van der Waals surface area contributed by atoms with Crippen molar-refractivity contribution in [1.29, 1.82) is 0 Å². The molecule has 0 spiro atoms. The van der Waals surface area contributed by atoms with Crippen molar-refractivity contribution >= 4 is 17.6 Å². The first-order valence-corrected chi connectivity index (χ1v) is 7.48. The predicted molar refractivity (Wildman–Crippen MR) is 84.8 cm³/mol. The maximum atomic E-state index is 12.0. The highest BCUT2D eigenvalue weighted by Gasteiger charge is 2.14. The van der Waals surface area contributed by atoms with Crippen LogP contribution in [0.25, 0.3) is 0 Å². The Hall–Kier alpha value is -2.08. The topological polar surface area (TPSA) is 87.7 Å². The average molecular weight is 308 g/mol. The maximum Gasteiger partial charge on any atom is 0.340 e. The Balaban J connectivity index is 2.53.